The lowest BCUT2D eigenvalue weighted by atomic mass is 9.97. The van der Waals surface area contributed by atoms with E-state index in [2.05, 4.69) is 65.7 Å². The fourth-order valence-corrected chi connectivity index (χ4v) is 6.78. The maximum atomic E-state index is 13.4. The molecule has 4 heterocycles. The zero-order chi connectivity index (χ0) is 33.1. The van der Waals surface area contributed by atoms with Crippen LogP contribution in [0, 0.1) is 18.8 Å². The average molecular weight is 633 g/mol. The predicted octanol–water partition coefficient (Wildman–Crippen LogP) is 4.97. The van der Waals surface area contributed by atoms with Gasteiger partial charge in [0.1, 0.15) is 22.9 Å². The highest BCUT2D eigenvalue weighted by molar-refractivity contribution is 6.05. The number of nitrogen functional groups attached to an aromatic ring is 1. The molecule has 2 fully saturated rings. The first-order valence-electron chi connectivity index (χ1n) is 16.6. The van der Waals surface area contributed by atoms with E-state index in [0.29, 0.717) is 47.4 Å². The summed E-state index contributed by atoms with van der Waals surface area (Å²) in [6.45, 7) is 14.8. The Balaban J connectivity index is 1.24. The minimum absolute atomic E-state index is 0.185. The van der Waals surface area contributed by atoms with E-state index >= 15 is 0 Å². The van der Waals surface area contributed by atoms with E-state index in [9.17, 15) is 9.59 Å². The summed E-state index contributed by atoms with van der Waals surface area (Å²) in [6.07, 6.45) is 5.10. The minimum atomic E-state index is -0.253. The van der Waals surface area contributed by atoms with E-state index in [1.54, 1.807) is 12.3 Å². The van der Waals surface area contributed by atoms with Crippen molar-refractivity contribution in [3.63, 3.8) is 0 Å². The number of likely N-dealkylation sites (N-methyl/N-ethyl adjacent to an activating group) is 1. The molecule has 0 unspecified atom stereocenters. The van der Waals surface area contributed by atoms with Crippen LogP contribution in [0.3, 0.4) is 0 Å². The van der Waals surface area contributed by atoms with Gasteiger partial charge in [0.25, 0.3) is 11.8 Å². The van der Waals surface area contributed by atoms with Crippen molar-refractivity contribution in [2.75, 3.05) is 56.9 Å². The number of aromatic nitrogens is 3. The van der Waals surface area contributed by atoms with Crippen LogP contribution < -0.4 is 11.1 Å². The molecule has 1 atom stereocenters. The Hall–Kier alpha value is -4.72. The second kappa shape index (κ2) is 14.0. The van der Waals surface area contributed by atoms with Gasteiger partial charge in [0, 0.05) is 61.9 Å². The van der Waals surface area contributed by atoms with Crippen LogP contribution in [0.2, 0.25) is 0 Å². The van der Waals surface area contributed by atoms with Gasteiger partial charge in [-0.15, -0.1) is 0 Å². The van der Waals surface area contributed by atoms with Crippen molar-refractivity contribution < 1.29 is 9.59 Å². The Bertz CT molecular complexity index is 1840. The molecule has 0 radical (unpaired) electrons. The van der Waals surface area contributed by atoms with Gasteiger partial charge in [0.15, 0.2) is 0 Å². The van der Waals surface area contributed by atoms with Crippen LogP contribution in [0.25, 0.3) is 16.8 Å². The number of carbonyl (C=O) groups excluding carboxylic acids is 2. The second-order valence-corrected chi connectivity index (χ2v) is 12.8. The first-order chi connectivity index (χ1) is 22.7. The lowest BCUT2D eigenvalue weighted by molar-refractivity contribution is -0.126. The maximum absolute atomic E-state index is 13.4. The molecule has 10 heteroatoms. The molecule has 0 saturated carbocycles. The van der Waals surface area contributed by atoms with Crippen LogP contribution in [0.1, 0.15) is 72.9 Å². The molecule has 3 N–H and O–H groups in total. The lowest BCUT2D eigenvalue weighted by Gasteiger charge is -2.32. The van der Waals surface area contributed by atoms with E-state index in [1.807, 2.05) is 45.8 Å². The summed E-state index contributed by atoms with van der Waals surface area (Å²) >= 11 is 0. The SMILES string of the molecule is CCN1CCN(CC#CC(=O)N2CCC[C@H]2c2nc(-c3cccc(C(=O)Nc4ccc(C(C)C)c(C)c4)c3)c3c(N)nccn23)CC1. The van der Waals surface area contributed by atoms with Crippen LogP contribution in [-0.2, 0) is 4.79 Å². The molecule has 2 amide bonds. The van der Waals surface area contributed by atoms with Crippen molar-refractivity contribution in [2.24, 2.45) is 0 Å². The summed E-state index contributed by atoms with van der Waals surface area (Å²) < 4.78 is 1.93. The molecule has 2 aromatic heterocycles. The van der Waals surface area contributed by atoms with Crippen molar-refractivity contribution >= 4 is 28.8 Å². The van der Waals surface area contributed by atoms with Crippen molar-refractivity contribution in [2.45, 2.75) is 52.5 Å². The number of piperazine rings is 1. The standard InChI is InChI=1S/C37H44N8O2/c1-5-42-19-21-43(22-20-42)16-8-12-32(46)44-17-7-11-31(44)36-41-33(34-35(38)39-15-18-45(34)36)27-9-6-10-28(24-27)37(47)40-29-13-14-30(25(2)3)26(4)23-29/h6,9-10,13-15,18,23-25,31H,5,7,11,16-17,19-22H2,1-4H3,(H2,38,39)(H,40,47)/t31-/m0/s1. The normalized spacial score (nSPS) is 17.2. The molecule has 4 aromatic rings. The summed E-state index contributed by atoms with van der Waals surface area (Å²) in [5.41, 5.74) is 12.1. The second-order valence-electron chi connectivity index (χ2n) is 12.8. The molecule has 0 spiro atoms. The van der Waals surface area contributed by atoms with Crippen LogP contribution >= 0.6 is 0 Å². The van der Waals surface area contributed by atoms with E-state index in [4.69, 9.17) is 10.7 Å². The molecule has 244 valence electrons. The molecular formula is C37H44N8O2. The number of aryl methyl sites for hydroxylation is 1. The van der Waals surface area contributed by atoms with Gasteiger partial charge in [0.2, 0.25) is 0 Å². The molecule has 6 rings (SSSR count). The fraction of sp³-hybridized carbons (Fsp3) is 0.405. The Labute approximate surface area is 277 Å². The highest BCUT2D eigenvalue weighted by Gasteiger charge is 2.34. The summed E-state index contributed by atoms with van der Waals surface area (Å²) in [5.74, 6) is 7.09. The van der Waals surface area contributed by atoms with Crippen molar-refractivity contribution in [1.82, 2.24) is 29.1 Å². The number of amides is 2. The zero-order valence-electron chi connectivity index (χ0n) is 27.8. The van der Waals surface area contributed by atoms with E-state index in [-0.39, 0.29) is 17.9 Å². The number of rotatable bonds is 7. The molecule has 2 aromatic carbocycles. The van der Waals surface area contributed by atoms with Crippen molar-refractivity contribution in [3.8, 4) is 23.1 Å². The van der Waals surface area contributed by atoms with Gasteiger partial charge in [-0.25, -0.2) is 9.97 Å². The molecular weight excluding hydrogens is 588 g/mol. The van der Waals surface area contributed by atoms with Gasteiger partial charge >= 0.3 is 0 Å². The number of carbonyl (C=O) groups is 2. The summed E-state index contributed by atoms with van der Waals surface area (Å²) in [6, 6.07) is 13.1. The first kappa shape index (κ1) is 32.2. The average Bonchev–Trinajstić information content (AvgIpc) is 3.71. The number of nitrogens with one attached hydrogen (secondary N) is 1. The topological polar surface area (TPSA) is 112 Å². The third kappa shape index (κ3) is 6.87. The highest BCUT2D eigenvalue weighted by atomic mass is 16.2. The molecule has 2 aliphatic rings. The quantitative estimate of drug-likeness (QED) is 0.277. The predicted molar refractivity (Wildman–Crippen MR) is 186 cm³/mol. The number of hydrogen-bond donors (Lipinski definition) is 2. The molecule has 0 aliphatic carbocycles. The van der Waals surface area contributed by atoms with Crippen molar-refractivity contribution in [1.29, 1.82) is 0 Å². The van der Waals surface area contributed by atoms with Gasteiger partial charge < -0.3 is 20.9 Å². The van der Waals surface area contributed by atoms with Gasteiger partial charge in [-0.05, 0) is 73.5 Å². The Morgan fingerprint density at radius 3 is 2.60 bits per heavy atom. The van der Waals surface area contributed by atoms with Crippen LogP contribution in [-0.4, -0.2) is 86.7 Å². The van der Waals surface area contributed by atoms with E-state index in [1.165, 1.54) is 5.56 Å². The van der Waals surface area contributed by atoms with Crippen LogP contribution in [0.15, 0.2) is 54.9 Å². The molecule has 10 nitrogen and oxygen atoms in total. The lowest BCUT2D eigenvalue weighted by Crippen LogP contribution is -2.46. The summed E-state index contributed by atoms with van der Waals surface area (Å²) in [7, 11) is 0. The smallest absolute Gasteiger partial charge is 0.299 e. The third-order valence-electron chi connectivity index (χ3n) is 9.38. The minimum Gasteiger partial charge on any atom is -0.382 e. The number of hydrogen-bond acceptors (Lipinski definition) is 7. The summed E-state index contributed by atoms with van der Waals surface area (Å²) in [4.78, 5) is 42.8. The number of nitrogens with zero attached hydrogens (tertiary/aromatic N) is 6. The molecule has 47 heavy (non-hydrogen) atoms. The number of benzene rings is 2. The Kier molecular flexibility index (Phi) is 9.57. The van der Waals surface area contributed by atoms with Crippen LogP contribution in [0.4, 0.5) is 11.5 Å². The largest absolute Gasteiger partial charge is 0.382 e. The first-order valence-corrected chi connectivity index (χ1v) is 16.6. The maximum Gasteiger partial charge on any atom is 0.299 e. The number of anilines is 2. The molecule has 0 bridgehead atoms. The van der Waals surface area contributed by atoms with E-state index < -0.39 is 0 Å². The van der Waals surface area contributed by atoms with E-state index in [0.717, 1.165) is 62.4 Å². The zero-order valence-corrected chi connectivity index (χ0v) is 27.8. The summed E-state index contributed by atoms with van der Waals surface area (Å²) in [5, 5.41) is 3.04. The van der Waals surface area contributed by atoms with Gasteiger partial charge in [-0.1, -0.05) is 44.9 Å². The molecule has 2 aliphatic heterocycles. The molecule has 2 saturated heterocycles. The number of nitrogens with two attached hydrogens (primary N) is 1. The number of fused-ring (bicyclic) bond motifs is 1. The van der Waals surface area contributed by atoms with Gasteiger partial charge in [-0.2, -0.15) is 0 Å². The van der Waals surface area contributed by atoms with Crippen molar-refractivity contribution in [3.05, 3.63) is 77.4 Å². The van der Waals surface area contributed by atoms with Gasteiger partial charge in [-0.3, -0.25) is 18.9 Å². The fourth-order valence-electron chi connectivity index (χ4n) is 6.78. The van der Waals surface area contributed by atoms with Crippen LogP contribution in [0.5, 0.6) is 0 Å². The monoisotopic (exact) mass is 632 g/mol. The Morgan fingerprint density at radius 1 is 1.06 bits per heavy atom. The third-order valence-corrected chi connectivity index (χ3v) is 9.38. The Morgan fingerprint density at radius 2 is 1.85 bits per heavy atom. The highest BCUT2D eigenvalue weighted by Crippen LogP contribution is 2.36. The number of imidazole rings is 1. The number of likely N-dealkylation sites (tertiary alicyclic amines) is 1. The van der Waals surface area contributed by atoms with Gasteiger partial charge in [0.05, 0.1) is 12.6 Å².